The van der Waals surface area contributed by atoms with E-state index in [1.807, 2.05) is 7.05 Å². The van der Waals surface area contributed by atoms with Crippen molar-refractivity contribution < 1.29 is 0 Å². The predicted octanol–water partition coefficient (Wildman–Crippen LogP) is 3.36. The summed E-state index contributed by atoms with van der Waals surface area (Å²) in [5.74, 6) is 0.916. The fraction of sp³-hybridized carbons (Fsp3) is 0.667. The minimum atomic E-state index is 0. The standard InChI is InChI=1S/C21H35N5.HI/c1-16-13-20(25(3)4)10-9-17(16)14-23-21(22-2)24-18-11-12-26(15-18)19-7-5-6-8-19;/h9-10,13,18-19H,5-8,11-12,14-15H2,1-4H3,(H2,22,23,24);1H. The first kappa shape index (κ1) is 22.3. The van der Waals surface area contributed by atoms with E-state index < -0.39 is 0 Å². The summed E-state index contributed by atoms with van der Waals surface area (Å²) in [5.41, 5.74) is 3.87. The first-order valence-corrected chi connectivity index (χ1v) is 10.0. The molecular formula is C21H36IN5. The molecule has 1 aromatic rings. The maximum absolute atomic E-state index is 4.43. The number of likely N-dealkylation sites (tertiary alicyclic amines) is 1. The number of guanidine groups is 1. The van der Waals surface area contributed by atoms with E-state index in [9.17, 15) is 0 Å². The van der Waals surface area contributed by atoms with Crippen LogP contribution in [0.3, 0.4) is 0 Å². The van der Waals surface area contributed by atoms with E-state index in [2.05, 4.69) is 64.6 Å². The minimum Gasteiger partial charge on any atom is -0.378 e. The third-order valence-corrected chi connectivity index (χ3v) is 5.91. The van der Waals surface area contributed by atoms with E-state index in [-0.39, 0.29) is 24.0 Å². The number of aryl methyl sites for hydroxylation is 1. The van der Waals surface area contributed by atoms with Crippen LogP contribution in [0.4, 0.5) is 5.69 Å². The molecule has 1 aliphatic heterocycles. The molecule has 1 aliphatic carbocycles. The van der Waals surface area contributed by atoms with Gasteiger partial charge in [-0.3, -0.25) is 9.89 Å². The lowest BCUT2D eigenvalue weighted by atomic mass is 10.1. The van der Waals surface area contributed by atoms with Crippen molar-refractivity contribution >= 4 is 35.6 Å². The predicted molar refractivity (Wildman–Crippen MR) is 126 cm³/mol. The topological polar surface area (TPSA) is 42.9 Å². The SMILES string of the molecule is CN=C(NCc1ccc(N(C)C)cc1C)NC1CCN(C2CCCC2)C1.I. The fourth-order valence-corrected chi connectivity index (χ4v) is 4.23. The molecule has 0 bridgehead atoms. The van der Waals surface area contributed by atoms with E-state index in [0.29, 0.717) is 6.04 Å². The Morgan fingerprint density at radius 3 is 2.59 bits per heavy atom. The molecule has 6 heteroatoms. The molecule has 27 heavy (non-hydrogen) atoms. The number of hydrogen-bond donors (Lipinski definition) is 2. The van der Waals surface area contributed by atoms with Crippen LogP contribution in [0.5, 0.6) is 0 Å². The Hall–Kier alpha value is -1.02. The average Bonchev–Trinajstić information content (AvgIpc) is 3.30. The molecule has 2 N–H and O–H groups in total. The molecule has 1 atom stereocenters. The van der Waals surface area contributed by atoms with Gasteiger partial charge >= 0.3 is 0 Å². The van der Waals surface area contributed by atoms with Gasteiger partial charge < -0.3 is 15.5 Å². The molecule has 3 rings (SSSR count). The van der Waals surface area contributed by atoms with Crippen molar-refractivity contribution in [2.75, 3.05) is 39.1 Å². The van der Waals surface area contributed by atoms with Crippen molar-refractivity contribution in [1.29, 1.82) is 0 Å². The van der Waals surface area contributed by atoms with Gasteiger partial charge in [-0.1, -0.05) is 18.9 Å². The zero-order chi connectivity index (χ0) is 18.5. The van der Waals surface area contributed by atoms with Crippen LogP contribution in [0.2, 0.25) is 0 Å². The average molecular weight is 485 g/mol. The molecule has 1 saturated carbocycles. The lowest BCUT2D eigenvalue weighted by Gasteiger charge is -2.24. The highest BCUT2D eigenvalue weighted by molar-refractivity contribution is 14.0. The van der Waals surface area contributed by atoms with Crippen LogP contribution >= 0.6 is 24.0 Å². The van der Waals surface area contributed by atoms with Crippen molar-refractivity contribution in [2.24, 2.45) is 4.99 Å². The van der Waals surface area contributed by atoms with Gasteiger partial charge in [0.15, 0.2) is 5.96 Å². The summed E-state index contributed by atoms with van der Waals surface area (Å²) in [4.78, 5) is 9.25. The molecule has 0 aromatic heterocycles. The number of anilines is 1. The summed E-state index contributed by atoms with van der Waals surface area (Å²) in [7, 11) is 6.02. The van der Waals surface area contributed by atoms with E-state index >= 15 is 0 Å². The lowest BCUT2D eigenvalue weighted by Crippen LogP contribution is -2.45. The summed E-state index contributed by atoms with van der Waals surface area (Å²) < 4.78 is 0. The van der Waals surface area contributed by atoms with E-state index in [1.54, 1.807) is 0 Å². The zero-order valence-corrected chi connectivity index (χ0v) is 19.6. The van der Waals surface area contributed by atoms with E-state index in [1.165, 1.54) is 55.5 Å². The first-order valence-electron chi connectivity index (χ1n) is 10.0. The van der Waals surface area contributed by atoms with Crippen LogP contribution < -0.4 is 15.5 Å². The largest absolute Gasteiger partial charge is 0.378 e. The Balaban J connectivity index is 0.00000261. The molecular weight excluding hydrogens is 449 g/mol. The Bertz CT molecular complexity index is 625. The first-order chi connectivity index (χ1) is 12.6. The van der Waals surface area contributed by atoms with Gasteiger partial charge in [0.05, 0.1) is 0 Å². The third kappa shape index (κ3) is 5.98. The summed E-state index contributed by atoms with van der Waals surface area (Å²) in [5, 5.41) is 7.12. The molecule has 2 fully saturated rings. The summed E-state index contributed by atoms with van der Waals surface area (Å²) in [6.07, 6.45) is 6.82. The molecule has 5 nitrogen and oxygen atoms in total. The third-order valence-electron chi connectivity index (χ3n) is 5.91. The Morgan fingerprint density at radius 2 is 1.96 bits per heavy atom. The van der Waals surface area contributed by atoms with Gasteiger partial charge in [-0.25, -0.2) is 0 Å². The smallest absolute Gasteiger partial charge is 0.191 e. The van der Waals surface area contributed by atoms with Gasteiger partial charge in [0, 0.05) is 58.5 Å². The number of nitrogens with one attached hydrogen (secondary N) is 2. The molecule has 1 heterocycles. The second-order valence-corrected chi connectivity index (χ2v) is 7.99. The number of aliphatic imine (C=N–C) groups is 1. The highest BCUT2D eigenvalue weighted by atomic mass is 127. The monoisotopic (exact) mass is 485 g/mol. The number of nitrogens with zero attached hydrogens (tertiary/aromatic N) is 3. The van der Waals surface area contributed by atoms with Crippen LogP contribution in [0.1, 0.15) is 43.2 Å². The van der Waals surface area contributed by atoms with Crippen molar-refractivity contribution in [2.45, 2.75) is 57.7 Å². The highest BCUT2D eigenvalue weighted by Crippen LogP contribution is 2.26. The van der Waals surface area contributed by atoms with Crippen molar-refractivity contribution in [3.63, 3.8) is 0 Å². The molecule has 1 unspecified atom stereocenters. The molecule has 0 radical (unpaired) electrons. The number of halogens is 1. The number of rotatable bonds is 5. The second-order valence-electron chi connectivity index (χ2n) is 7.99. The number of benzene rings is 1. The molecule has 1 saturated heterocycles. The highest BCUT2D eigenvalue weighted by Gasteiger charge is 2.30. The van der Waals surface area contributed by atoms with Crippen LogP contribution in [-0.2, 0) is 6.54 Å². The molecule has 152 valence electrons. The Labute approximate surface area is 182 Å². The van der Waals surface area contributed by atoms with E-state index in [0.717, 1.165) is 25.1 Å². The van der Waals surface area contributed by atoms with Crippen molar-refractivity contribution in [1.82, 2.24) is 15.5 Å². The second kappa shape index (κ2) is 10.5. The van der Waals surface area contributed by atoms with Gasteiger partial charge in [0.2, 0.25) is 0 Å². The normalized spacial score (nSPS) is 21.2. The lowest BCUT2D eigenvalue weighted by molar-refractivity contribution is 0.242. The summed E-state index contributed by atoms with van der Waals surface area (Å²) in [6.45, 7) is 5.36. The van der Waals surface area contributed by atoms with E-state index in [4.69, 9.17) is 0 Å². The number of hydrogen-bond acceptors (Lipinski definition) is 3. The molecule has 1 aromatic carbocycles. The summed E-state index contributed by atoms with van der Waals surface area (Å²) >= 11 is 0. The zero-order valence-electron chi connectivity index (χ0n) is 17.3. The van der Waals surface area contributed by atoms with Crippen LogP contribution in [0, 0.1) is 6.92 Å². The van der Waals surface area contributed by atoms with Gasteiger partial charge in [0.25, 0.3) is 0 Å². The van der Waals surface area contributed by atoms with Gasteiger partial charge in [-0.2, -0.15) is 0 Å². The maximum Gasteiger partial charge on any atom is 0.191 e. The van der Waals surface area contributed by atoms with Crippen LogP contribution in [-0.4, -0.2) is 57.2 Å². The van der Waals surface area contributed by atoms with Gasteiger partial charge in [-0.15, -0.1) is 24.0 Å². The molecule has 2 aliphatic rings. The summed E-state index contributed by atoms with van der Waals surface area (Å²) in [6, 6.07) is 7.97. The molecule has 0 amide bonds. The Morgan fingerprint density at radius 1 is 1.22 bits per heavy atom. The van der Waals surface area contributed by atoms with Crippen molar-refractivity contribution in [3.05, 3.63) is 29.3 Å². The van der Waals surface area contributed by atoms with Crippen molar-refractivity contribution in [3.8, 4) is 0 Å². The van der Waals surface area contributed by atoms with Crippen LogP contribution in [0.15, 0.2) is 23.2 Å². The maximum atomic E-state index is 4.43. The van der Waals surface area contributed by atoms with Gasteiger partial charge in [0.1, 0.15) is 0 Å². The fourth-order valence-electron chi connectivity index (χ4n) is 4.23. The minimum absolute atomic E-state index is 0. The quantitative estimate of drug-likeness (QED) is 0.382. The molecule has 0 spiro atoms. The Kier molecular flexibility index (Phi) is 8.66. The van der Waals surface area contributed by atoms with Crippen LogP contribution in [0.25, 0.3) is 0 Å². The van der Waals surface area contributed by atoms with Gasteiger partial charge in [-0.05, 0) is 49.4 Å².